The number of phenols is 1. The number of aromatic amines is 1. The summed E-state index contributed by atoms with van der Waals surface area (Å²) in [5.74, 6) is -0.0737. The van der Waals surface area contributed by atoms with Gasteiger partial charge in [0.25, 0.3) is 10.0 Å². The molecule has 1 aliphatic rings. The number of nitrogens with one attached hydrogen (secondary N) is 2. The van der Waals surface area contributed by atoms with Gasteiger partial charge in [-0.25, -0.2) is 13.2 Å². The Morgan fingerprint density at radius 1 is 1.38 bits per heavy atom. The highest BCUT2D eigenvalue weighted by Gasteiger charge is 2.27. The van der Waals surface area contributed by atoms with Crippen molar-refractivity contribution in [1.29, 1.82) is 0 Å². The number of aryl methyl sites for hydroxylation is 1. The van der Waals surface area contributed by atoms with Crippen molar-refractivity contribution < 1.29 is 23.0 Å². The predicted molar refractivity (Wildman–Crippen MR) is 109 cm³/mol. The molecule has 0 unspecified atom stereocenters. The summed E-state index contributed by atoms with van der Waals surface area (Å²) >= 11 is 1.08. The number of aromatic nitrogens is 2. The van der Waals surface area contributed by atoms with Gasteiger partial charge in [0.2, 0.25) is 12.5 Å². The maximum Gasteiger partial charge on any atom is 0.329 e. The van der Waals surface area contributed by atoms with Crippen LogP contribution in [-0.4, -0.2) is 29.9 Å². The largest absolute Gasteiger partial charge is 0.504 e. The maximum absolute atomic E-state index is 12.6. The quantitative estimate of drug-likeness (QED) is 0.512. The van der Waals surface area contributed by atoms with E-state index in [1.807, 2.05) is 6.92 Å². The summed E-state index contributed by atoms with van der Waals surface area (Å²) in [5.41, 5.74) is 0.816. The fourth-order valence-corrected chi connectivity index (χ4v) is 4.94. The van der Waals surface area contributed by atoms with Gasteiger partial charge in [0.15, 0.2) is 11.5 Å². The van der Waals surface area contributed by atoms with E-state index in [4.69, 9.17) is 9.47 Å². The molecule has 1 aromatic carbocycles. The van der Waals surface area contributed by atoms with E-state index in [1.165, 1.54) is 29.0 Å². The maximum atomic E-state index is 12.6. The molecular formula is C18H17N3O6S2. The van der Waals surface area contributed by atoms with E-state index in [1.54, 1.807) is 17.6 Å². The number of aromatic hydroxyl groups is 1. The van der Waals surface area contributed by atoms with Crippen molar-refractivity contribution in [3.05, 3.63) is 51.5 Å². The van der Waals surface area contributed by atoms with Crippen LogP contribution in [0.25, 0.3) is 12.3 Å². The molecule has 0 aliphatic carbocycles. The second kappa shape index (κ2) is 7.33. The second-order valence-corrected chi connectivity index (χ2v) is 8.95. The monoisotopic (exact) mass is 435 g/mol. The topological polar surface area (TPSA) is 123 Å². The third kappa shape index (κ3) is 3.49. The molecule has 0 fully saturated rings. The molecule has 0 radical (unpaired) electrons. The molecule has 0 saturated carbocycles. The number of phenolic OH excluding ortho intramolecular Hbond substituents is 1. The molecule has 3 N–H and O–H groups in total. The molecular weight excluding hydrogens is 418 g/mol. The van der Waals surface area contributed by atoms with Crippen LogP contribution in [0.1, 0.15) is 18.2 Å². The van der Waals surface area contributed by atoms with Gasteiger partial charge in [-0.2, -0.15) is 0 Å². The average Bonchev–Trinajstić information content (AvgIpc) is 3.44. The highest BCUT2D eigenvalue weighted by atomic mass is 32.2. The molecule has 0 spiro atoms. The van der Waals surface area contributed by atoms with Gasteiger partial charge in [0, 0.05) is 23.7 Å². The summed E-state index contributed by atoms with van der Waals surface area (Å²) in [6, 6.07) is 4.54. The van der Waals surface area contributed by atoms with Gasteiger partial charge >= 0.3 is 5.69 Å². The average molecular weight is 435 g/mol. The zero-order valence-corrected chi connectivity index (χ0v) is 16.8. The number of sulfonamides is 1. The van der Waals surface area contributed by atoms with Gasteiger partial charge in [0.1, 0.15) is 4.21 Å². The van der Waals surface area contributed by atoms with E-state index in [-0.39, 0.29) is 45.2 Å². The van der Waals surface area contributed by atoms with Crippen LogP contribution in [0.2, 0.25) is 0 Å². The third-order valence-electron chi connectivity index (χ3n) is 4.31. The zero-order valence-electron chi connectivity index (χ0n) is 15.2. The third-order valence-corrected chi connectivity index (χ3v) is 7.07. The first-order valence-electron chi connectivity index (χ1n) is 8.59. The lowest BCUT2D eigenvalue weighted by Crippen LogP contribution is -2.13. The summed E-state index contributed by atoms with van der Waals surface area (Å²) in [7, 11) is -3.83. The Morgan fingerprint density at radius 2 is 2.17 bits per heavy atom. The number of ether oxygens (including phenoxy) is 2. The number of rotatable bonds is 6. The summed E-state index contributed by atoms with van der Waals surface area (Å²) in [6.07, 6.45) is 5.22. The Labute approximate surface area is 169 Å². The number of fused-ring (bicyclic) bond motifs is 1. The van der Waals surface area contributed by atoms with Crippen LogP contribution in [0.5, 0.6) is 17.2 Å². The minimum atomic E-state index is -3.83. The first kappa shape index (κ1) is 19.2. The van der Waals surface area contributed by atoms with Crippen LogP contribution in [-0.2, 0) is 16.4 Å². The van der Waals surface area contributed by atoms with E-state index in [9.17, 15) is 18.3 Å². The van der Waals surface area contributed by atoms with Crippen molar-refractivity contribution >= 4 is 39.3 Å². The minimum Gasteiger partial charge on any atom is -0.504 e. The van der Waals surface area contributed by atoms with Crippen molar-refractivity contribution in [2.24, 2.45) is 0 Å². The van der Waals surface area contributed by atoms with Crippen molar-refractivity contribution in [3.8, 4) is 17.2 Å². The van der Waals surface area contributed by atoms with E-state index in [2.05, 4.69) is 9.71 Å². The minimum absolute atomic E-state index is 0.0353. The van der Waals surface area contributed by atoms with Gasteiger partial charge in [-0.3, -0.25) is 9.29 Å². The standard InChI is InChI=1S/C18H17N3O6S2/c1-2-12-9-19-18(23)21(12)6-5-11-8-13(16-17(15(11)22)27-10-26-16)20-29(24,25)14-4-3-7-28-14/h3-9,20,22H,2,10H2,1H3,(H,19,23). The molecule has 0 amide bonds. The first-order chi connectivity index (χ1) is 13.9. The predicted octanol–water partition coefficient (Wildman–Crippen LogP) is 2.66. The Hall–Kier alpha value is -3.18. The summed E-state index contributed by atoms with van der Waals surface area (Å²) in [6.45, 7) is 1.75. The van der Waals surface area contributed by atoms with E-state index >= 15 is 0 Å². The number of imidazole rings is 1. The van der Waals surface area contributed by atoms with Crippen LogP contribution in [0.4, 0.5) is 5.69 Å². The molecule has 3 heterocycles. The number of benzene rings is 1. The molecule has 2 aromatic heterocycles. The van der Waals surface area contributed by atoms with Crippen molar-refractivity contribution in [3.63, 3.8) is 0 Å². The smallest absolute Gasteiger partial charge is 0.329 e. The lowest BCUT2D eigenvalue weighted by Gasteiger charge is -2.12. The normalized spacial score (nSPS) is 13.3. The molecule has 29 heavy (non-hydrogen) atoms. The number of hydrogen-bond acceptors (Lipinski definition) is 7. The Bertz CT molecular complexity index is 1240. The van der Waals surface area contributed by atoms with Crippen LogP contribution in [0.3, 0.4) is 0 Å². The van der Waals surface area contributed by atoms with Gasteiger partial charge in [-0.15, -0.1) is 11.3 Å². The van der Waals surface area contributed by atoms with Gasteiger partial charge in [-0.05, 0) is 30.0 Å². The number of H-pyrrole nitrogens is 1. The van der Waals surface area contributed by atoms with Gasteiger partial charge < -0.3 is 19.6 Å². The molecule has 0 atom stereocenters. The van der Waals surface area contributed by atoms with Crippen LogP contribution in [0, 0.1) is 0 Å². The number of thiophene rings is 1. The van der Waals surface area contributed by atoms with E-state index in [0.717, 1.165) is 17.0 Å². The SMILES string of the molecule is CCc1c[nH]c(=O)n1C=Cc1cc(NS(=O)(=O)c2cccs2)c2c(c1O)OCO2. The number of hydrogen-bond donors (Lipinski definition) is 3. The Kier molecular flexibility index (Phi) is 4.84. The molecule has 0 saturated heterocycles. The second-order valence-electron chi connectivity index (χ2n) is 6.09. The summed E-state index contributed by atoms with van der Waals surface area (Å²) in [5, 5.41) is 12.2. The van der Waals surface area contributed by atoms with Crippen molar-refractivity contribution in [2.75, 3.05) is 11.5 Å². The molecule has 152 valence electrons. The first-order valence-corrected chi connectivity index (χ1v) is 11.0. The van der Waals surface area contributed by atoms with Crippen LogP contribution < -0.4 is 19.9 Å². The van der Waals surface area contributed by atoms with E-state index < -0.39 is 10.0 Å². The molecule has 3 aromatic rings. The summed E-state index contributed by atoms with van der Waals surface area (Å²) in [4.78, 5) is 14.5. The lowest BCUT2D eigenvalue weighted by molar-refractivity contribution is 0.171. The lowest BCUT2D eigenvalue weighted by atomic mass is 10.1. The Morgan fingerprint density at radius 3 is 2.90 bits per heavy atom. The van der Waals surface area contributed by atoms with Crippen LogP contribution in [0.15, 0.2) is 38.8 Å². The fourth-order valence-electron chi connectivity index (χ4n) is 2.89. The number of nitrogens with zero attached hydrogens (tertiary/aromatic N) is 1. The van der Waals surface area contributed by atoms with Crippen LogP contribution >= 0.6 is 11.3 Å². The molecule has 11 heteroatoms. The fraction of sp³-hybridized carbons (Fsp3) is 0.167. The van der Waals surface area contributed by atoms with Crippen molar-refractivity contribution in [2.45, 2.75) is 17.6 Å². The number of anilines is 1. The summed E-state index contributed by atoms with van der Waals surface area (Å²) < 4.78 is 39.9. The van der Waals surface area contributed by atoms with E-state index in [0.29, 0.717) is 6.42 Å². The zero-order chi connectivity index (χ0) is 20.6. The molecule has 4 rings (SSSR count). The molecule has 9 nitrogen and oxygen atoms in total. The Balaban J connectivity index is 1.76. The molecule has 1 aliphatic heterocycles. The van der Waals surface area contributed by atoms with Gasteiger partial charge in [0.05, 0.1) is 5.69 Å². The van der Waals surface area contributed by atoms with Gasteiger partial charge in [-0.1, -0.05) is 13.0 Å². The molecule has 0 bridgehead atoms. The van der Waals surface area contributed by atoms with Crippen molar-refractivity contribution in [1.82, 2.24) is 9.55 Å². The highest BCUT2D eigenvalue weighted by Crippen LogP contribution is 2.48. The highest BCUT2D eigenvalue weighted by molar-refractivity contribution is 7.94.